The van der Waals surface area contributed by atoms with E-state index in [-0.39, 0.29) is 17.1 Å². The second-order valence-corrected chi connectivity index (χ2v) is 8.92. The molecule has 1 aromatic carbocycles. The molecule has 5 N–H and O–H groups in total. The van der Waals surface area contributed by atoms with E-state index in [1.54, 1.807) is 25.4 Å². The van der Waals surface area contributed by atoms with Crippen molar-refractivity contribution >= 4 is 22.8 Å². The predicted molar refractivity (Wildman–Crippen MR) is 135 cm³/mol. The van der Waals surface area contributed by atoms with Gasteiger partial charge in [0, 0.05) is 29.8 Å². The van der Waals surface area contributed by atoms with Crippen molar-refractivity contribution in [1.82, 2.24) is 25.4 Å². The molecule has 0 saturated carbocycles. The van der Waals surface area contributed by atoms with E-state index in [2.05, 4.69) is 25.4 Å². The first kappa shape index (κ1) is 25.9. The third-order valence-corrected chi connectivity index (χ3v) is 6.57. The second kappa shape index (κ2) is 11.2. The maximum absolute atomic E-state index is 13.0. The Balaban J connectivity index is 0.00000320. The zero-order valence-electron chi connectivity index (χ0n) is 20.4. The van der Waals surface area contributed by atoms with Crippen LogP contribution in [0, 0.1) is 5.92 Å². The Morgan fingerprint density at radius 1 is 1.16 bits per heavy atom. The van der Waals surface area contributed by atoms with Gasteiger partial charge in [0.05, 0.1) is 19.2 Å². The number of hydrogen-bond acceptors (Lipinski definition) is 7. The maximum Gasteiger partial charge on any atom is 0.371 e. The molecular weight excluding hydrogens is 478 g/mol. The van der Waals surface area contributed by atoms with Crippen LogP contribution in [0.5, 0.6) is 5.88 Å². The van der Waals surface area contributed by atoms with Crippen LogP contribution in [-0.2, 0) is 6.54 Å². The van der Waals surface area contributed by atoms with Gasteiger partial charge in [-0.15, -0.1) is 0 Å². The average Bonchev–Trinajstić information content (AvgIpc) is 3.55. The Labute approximate surface area is 212 Å². The molecule has 3 aromatic heterocycles. The first-order chi connectivity index (χ1) is 17.5. The first-order valence-electron chi connectivity index (χ1n) is 11.8. The number of aromatic nitrogens is 3. The number of methoxy groups -OCH3 is 1. The lowest BCUT2D eigenvalue weighted by molar-refractivity contribution is 0.0656. The summed E-state index contributed by atoms with van der Waals surface area (Å²) >= 11 is 0. The molecule has 11 heteroatoms. The zero-order valence-corrected chi connectivity index (χ0v) is 20.4. The van der Waals surface area contributed by atoms with Crippen LogP contribution in [-0.4, -0.2) is 69.3 Å². The summed E-state index contributed by atoms with van der Waals surface area (Å²) in [6.07, 6.45) is 3.61. The minimum absolute atomic E-state index is 0. The number of nitrogens with zero attached hydrogens (tertiary/aromatic N) is 3. The monoisotopic (exact) mass is 507 g/mol. The van der Waals surface area contributed by atoms with Crippen molar-refractivity contribution in [1.29, 1.82) is 0 Å². The van der Waals surface area contributed by atoms with Crippen molar-refractivity contribution < 1.29 is 29.3 Å². The molecule has 4 aromatic rings. The summed E-state index contributed by atoms with van der Waals surface area (Å²) in [6.45, 7) is 2.87. The summed E-state index contributed by atoms with van der Waals surface area (Å²) in [5.74, 6) is 0.250. The highest BCUT2D eigenvalue weighted by molar-refractivity contribution is 6.05. The van der Waals surface area contributed by atoms with E-state index >= 15 is 0 Å². The molecule has 0 radical (unpaired) electrons. The van der Waals surface area contributed by atoms with E-state index in [1.807, 2.05) is 24.3 Å². The smallest absolute Gasteiger partial charge is 0.371 e. The summed E-state index contributed by atoms with van der Waals surface area (Å²) in [6, 6.07) is 12.7. The summed E-state index contributed by atoms with van der Waals surface area (Å²) in [5.41, 5.74) is 3.03. The Bertz CT molecular complexity index is 1370. The van der Waals surface area contributed by atoms with E-state index in [0.29, 0.717) is 36.3 Å². The molecule has 1 amide bonds. The molecule has 0 aliphatic carbocycles. The number of carbonyl (C=O) groups is 2. The van der Waals surface area contributed by atoms with Crippen molar-refractivity contribution in [3.05, 3.63) is 65.9 Å². The molecule has 0 bridgehead atoms. The first-order valence-corrected chi connectivity index (χ1v) is 11.8. The van der Waals surface area contributed by atoms with Crippen molar-refractivity contribution in [2.24, 2.45) is 5.92 Å². The number of aromatic carboxylic acids is 1. The SMILES string of the molecule is COc1ccc(-c2ccc3[nH]nc(C(=O)NCC4CCN(Cc5ccc(C(=O)O)o5)CC4)c3c2)cn1.O. The lowest BCUT2D eigenvalue weighted by Gasteiger charge is -2.31. The number of nitrogens with one attached hydrogen (secondary N) is 2. The van der Waals surface area contributed by atoms with Crippen molar-refractivity contribution in [2.45, 2.75) is 19.4 Å². The van der Waals surface area contributed by atoms with Gasteiger partial charge >= 0.3 is 5.97 Å². The zero-order chi connectivity index (χ0) is 25.1. The van der Waals surface area contributed by atoms with Crippen LogP contribution in [0.15, 0.2) is 53.1 Å². The van der Waals surface area contributed by atoms with Gasteiger partial charge in [-0.3, -0.25) is 14.8 Å². The standard InChI is InChI=1S/C26H27N5O5.H2O/c1-35-23-7-3-18(14-27-23)17-2-5-21-20(12-17)24(30-29-21)25(32)28-13-16-8-10-31(11-9-16)15-19-4-6-22(36-19)26(33)34;/h2-7,12,14,16H,8-11,13,15H2,1H3,(H,28,32)(H,29,30)(H,33,34);1H2. The van der Waals surface area contributed by atoms with Gasteiger partial charge in [-0.1, -0.05) is 6.07 Å². The van der Waals surface area contributed by atoms with Gasteiger partial charge in [0.2, 0.25) is 11.6 Å². The number of pyridine rings is 1. The summed E-state index contributed by atoms with van der Waals surface area (Å²) in [4.78, 5) is 30.4. The lowest BCUT2D eigenvalue weighted by Crippen LogP contribution is -2.38. The number of H-pyrrole nitrogens is 1. The molecule has 4 heterocycles. The highest BCUT2D eigenvalue weighted by Gasteiger charge is 2.22. The molecule has 5 rings (SSSR count). The number of hydrogen-bond donors (Lipinski definition) is 3. The number of fused-ring (bicyclic) bond motifs is 1. The number of carboxylic acids is 1. The quantitative estimate of drug-likeness (QED) is 0.327. The average molecular weight is 508 g/mol. The van der Waals surface area contributed by atoms with Gasteiger partial charge in [-0.05, 0) is 67.7 Å². The summed E-state index contributed by atoms with van der Waals surface area (Å²) < 4.78 is 10.5. The van der Waals surface area contributed by atoms with Crippen LogP contribution >= 0.6 is 0 Å². The second-order valence-electron chi connectivity index (χ2n) is 8.92. The number of furan rings is 1. The van der Waals surface area contributed by atoms with Crippen LogP contribution in [0.25, 0.3) is 22.0 Å². The minimum Gasteiger partial charge on any atom is -0.481 e. The number of carbonyl (C=O) groups excluding carboxylic acids is 1. The molecule has 194 valence electrons. The molecule has 0 atom stereocenters. The molecule has 0 unspecified atom stereocenters. The number of benzene rings is 1. The predicted octanol–water partition coefficient (Wildman–Crippen LogP) is 2.74. The maximum atomic E-state index is 13.0. The molecule has 1 fully saturated rings. The van der Waals surface area contributed by atoms with Gasteiger partial charge in [0.1, 0.15) is 5.76 Å². The third kappa shape index (κ3) is 5.79. The topological polar surface area (TPSA) is 165 Å². The molecular formula is C26H29N5O6. The van der Waals surface area contributed by atoms with Crippen LogP contribution in [0.4, 0.5) is 0 Å². The van der Waals surface area contributed by atoms with Crippen molar-refractivity contribution in [3.8, 4) is 17.0 Å². The van der Waals surface area contributed by atoms with Crippen LogP contribution in [0.1, 0.15) is 39.6 Å². The molecule has 37 heavy (non-hydrogen) atoms. The molecule has 11 nitrogen and oxygen atoms in total. The van der Waals surface area contributed by atoms with Gasteiger partial charge < -0.3 is 25.1 Å². The Kier molecular flexibility index (Phi) is 7.85. The summed E-state index contributed by atoms with van der Waals surface area (Å²) in [7, 11) is 1.58. The van der Waals surface area contributed by atoms with E-state index < -0.39 is 5.97 Å². The van der Waals surface area contributed by atoms with Crippen LogP contribution in [0.3, 0.4) is 0 Å². The Morgan fingerprint density at radius 2 is 1.95 bits per heavy atom. The fourth-order valence-corrected chi connectivity index (χ4v) is 4.51. The number of carboxylic acid groups (broad SMARTS) is 1. The number of ether oxygens (including phenoxy) is 1. The van der Waals surface area contributed by atoms with Crippen LogP contribution < -0.4 is 10.1 Å². The fraction of sp³-hybridized carbons (Fsp3) is 0.308. The van der Waals surface area contributed by atoms with Gasteiger partial charge in [0.25, 0.3) is 5.91 Å². The highest BCUT2D eigenvalue weighted by atomic mass is 16.5. The minimum atomic E-state index is -1.06. The van der Waals surface area contributed by atoms with E-state index in [4.69, 9.17) is 14.3 Å². The van der Waals surface area contributed by atoms with E-state index in [1.165, 1.54) is 6.07 Å². The Morgan fingerprint density at radius 3 is 2.62 bits per heavy atom. The Hall–Kier alpha value is -4.22. The number of amides is 1. The number of likely N-dealkylation sites (tertiary alicyclic amines) is 1. The fourth-order valence-electron chi connectivity index (χ4n) is 4.51. The van der Waals surface area contributed by atoms with Crippen molar-refractivity contribution in [2.75, 3.05) is 26.7 Å². The largest absolute Gasteiger partial charge is 0.481 e. The highest BCUT2D eigenvalue weighted by Crippen LogP contribution is 2.26. The number of piperidine rings is 1. The van der Waals surface area contributed by atoms with Crippen LogP contribution in [0.2, 0.25) is 0 Å². The number of rotatable bonds is 8. The molecule has 1 aliphatic heterocycles. The van der Waals surface area contributed by atoms with Crippen molar-refractivity contribution in [3.63, 3.8) is 0 Å². The van der Waals surface area contributed by atoms with E-state index in [9.17, 15) is 9.59 Å². The number of aromatic amines is 1. The van der Waals surface area contributed by atoms with Gasteiger partial charge in [0.15, 0.2) is 5.69 Å². The molecule has 0 spiro atoms. The lowest BCUT2D eigenvalue weighted by atomic mass is 9.96. The third-order valence-electron chi connectivity index (χ3n) is 6.57. The van der Waals surface area contributed by atoms with Gasteiger partial charge in [-0.25, -0.2) is 9.78 Å². The molecule has 1 saturated heterocycles. The van der Waals surface area contributed by atoms with Gasteiger partial charge in [-0.2, -0.15) is 5.10 Å². The normalized spacial score (nSPS) is 14.3. The summed E-state index contributed by atoms with van der Waals surface area (Å²) in [5, 5.41) is 20.0. The van der Waals surface area contributed by atoms with E-state index in [0.717, 1.165) is 48.0 Å². The molecule has 1 aliphatic rings.